The number of rotatable bonds is 7. The van der Waals surface area contributed by atoms with Gasteiger partial charge in [-0.25, -0.2) is 0 Å². The fourth-order valence-electron chi connectivity index (χ4n) is 1.65. The largest absolute Gasteiger partial charge is 0.392 e. The van der Waals surface area contributed by atoms with Gasteiger partial charge in [-0.1, -0.05) is 26.3 Å². The molecule has 0 aliphatic rings. The molecule has 1 heterocycles. The summed E-state index contributed by atoms with van der Waals surface area (Å²) >= 11 is 1.78. The molecule has 1 aromatic rings. The highest BCUT2D eigenvalue weighted by atomic mass is 32.1. The molecule has 1 aromatic heterocycles. The lowest BCUT2D eigenvalue weighted by molar-refractivity contribution is 0.156. The van der Waals surface area contributed by atoms with Gasteiger partial charge in [0.2, 0.25) is 0 Å². The fourth-order valence-corrected chi connectivity index (χ4v) is 2.53. The Morgan fingerprint density at radius 1 is 1.47 bits per heavy atom. The number of aliphatic hydroxyl groups excluding tert-OH is 1. The summed E-state index contributed by atoms with van der Waals surface area (Å²) in [5, 5.41) is 15.1. The van der Waals surface area contributed by atoms with Crippen molar-refractivity contribution in [1.29, 1.82) is 0 Å². The summed E-state index contributed by atoms with van der Waals surface area (Å²) in [5.41, 5.74) is 0. The predicted octanol–water partition coefficient (Wildman–Crippen LogP) is 2.95. The zero-order valence-electron chi connectivity index (χ0n) is 9.57. The van der Waals surface area contributed by atoms with Gasteiger partial charge in [0.1, 0.15) is 0 Å². The zero-order valence-corrected chi connectivity index (χ0v) is 10.4. The van der Waals surface area contributed by atoms with Crippen LogP contribution >= 0.6 is 11.3 Å². The van der Waals surface area contributed by atoms with Crippen molar-refractivity contribution in [2.24, 2.45) is 0 Å². The van der Waals surface area contributed by atoms with Crippen molar-refractivity contribution in [3.8, 4) is 0 Å². The van der Waals surface area contributed by atoms with Crippen LogP contribution in [-0.2, 0) is 0 Å². The first-order valence-electron chi connectivity index (χ1n) is 5.72. The minimum atomic E-state index is -0.205. The normalized spacial score (nSPS) is 15.1. The van der Waals surface area contributed by atoms with Crippen molar-refractivity contribution >= 4 is 11.3 Å². The molecule has 0 fully saturated rings. The van der Waals surface area contributed by atoms with Crippen LogP contribution in [0.2, 0.25) is 0 Å². The van der Waals surface area contributed by atoms with E-state index in [4.69, 9.17) is 0 Å². The first kappa shape index (κ1) is 12.7. The lowest BCUT2D eigenvalue weighted by atomic mass is 10.1. The molecule has 0 saturated carbocycles. The van der Waals surface area contributed by atoms with Crippen LogP contribution in [0.5, 0.6) is 0 Å². The summed E-state index contributed by atoms with van der Waals surface area (Å²) in [5.74, 6) is 0. The zero-order chi connectivity index (χ0) is 11.1. The summed E-state index contributed by atoms with van der Waals surface area (Å²) in [7, 11) is 0. The average molecular weight is 227 g/mol. The highest BCUT2D eigenvalue weighted by Gasteiger charge is 2.11. The molecule has 3 heteroatoms. The molecule has 2 atom stereocenters. The van der Waals surface area contributed by atoms with E-state index in [1.165, 1.54) is 4.88 Å². The molecule has 0 aliphatic heterocycles. The molecule has 0 spiro atoms. The number of aliphatic hydroxyl groups is 1. The van der Waals surface area contributed by atoms with Crippen molar-refractivity contribution in [2.45, 2.75) is 45.3 Å². The maximum Gasteiger partial charge on any atom is 0.0664 e. The van der Waals surface area contributed by atoms with E-state index in [2.05, 4.69) is 36.7 Å². The van der Waals surface area contributed by atoms with Crippen LogP contribution in [0.15, 0.2) is 17.5 Å². The van der Waals surface area contributed by atoms with Gasteiger partial charge in [-0.3, -0.25) is 0 Å². The first-order valence-corrected chi connectivity index (χ1v) is 6.60. The van der Waals surface area contributed by atoms with Gasteiger partial charge in [0.15, 0.2) is 0 Å². The summed E-state index contributed by atoms with van der Waals surface area (Å²) < 4.78 is 0. The van der Waals surface area contributed by atoms with Gasteiger partial charge in [0, 0.05) is 17.5 Å². The summed E-state index contributed by atoms with van der Waals surface area (Å²) in [6, 6.07) is 4.63. The van der Waals surface area contributed by atoms with Crippen LogP contribution in [0, 0.1) is 0 Å². The smallest absolute Gasteiger partial charge is 0.0664 e. The van der Waals surface area contributed by atoms with Gasteiger partial charge in [-0.05, 0) is 24.3 Å². The van der Waals surface area contributed by atoms with Crippen LogP contribution < -0.4 is 5.32 Å². The van der Waals surface area contributed by atoms with Crippen LogP contribution in [-0.4, -0.2) is 17.8 Å². The Hall–Kier alpha value is -0.380. The molecule has 86 valence electrons. The van der Waals surface area contributed by atoms with Crippen LogP contribution in [0.25, 0.3) is 0 Å². The Kier molecular flexibility index (Phi) is 5.91. The molecule has 0 aliphatic carbocycles. The molecule has 0 radical (unpaired) electrons. The third-order valence-corrected chi connectivity index (χ3v) is 3.50. The molecule has 0 aromatic carbocycles. The quantitative estimate of drug-likeness (QED) is 0.750. The van der Waals surface area contributed by atoms with Gasteiger partial charge >= 0.3 is 0 Å². The number of thiophene rings is 1. The average Bonchev–Trinajstić information content (AvgIpc) is 2.72. The molecule has 0 saturated heterocycles. The SMILES string of the molecule is CCCC(O)CNC(CC)c1cccs1. The lowest BCUT2D eigenvalue weighted by Gasteiger charge is -2.18. The second kappa shape index (κ2) is 6.99. The number of nitrogens with one attached hydrogen (secondary N) is 1. The number of hydrogen-bond donors (Lipinski definition) is 2. The van der Waals surface area contributed by atoms with Crippen LogP contribution in [0.4, 0.5) is 0 Å². The molecular formula is C12H21NOS. The standard InChI is InChI=1S/C12H21NOS/c1-3-6-10(14)9-13-11(4-2)12-7-5-8-15-12/h5,7-8,10-11,13-14H,3-4,6,9H2,1-2H3. The van der Waals surface area contributed by atoms with Gasteiger partial charge in [0.05, 0.1) is 6.10 Å². The Balaban J connectivity index is 2.35. The van der Waals surface area contributed by atoms with Crippen LogP contribution in [0.3, 0.4) is 0 Å². The second-order valence-electron chi connectivity index (χ2n) is 3.83. The van der Waals surface area contributed by atoms with Crippen molar-refractivity contribution < 1.29 is 5.11 Å². The third kappa shape index (κ3) is 4.33. The topological polar surface area (TPSA) is 32.3 Å². The number of hydrogen-bond acceptors (Lipinski definition) is 3. The molecular weight excluding hydrogens is 206 g/mol. The van der Waals surface area contributed by atoms with E-state index in [9.17, 15) is 5.11 Å². The highest BCUT2D eigenvalue weighted by Crippen LogP contribution is 2.21. The van der Waals surface area contributed by atoms with E-state index >= 15 is 0 Å². The summed E-state index contributed by atoms with van der Waals surface area (Å²) in [4.78, 5) is 1.36. The van der Waals surface area contributed by atoms with Crippen molar-refractivity contribution in [3.63, 3.8) is 0 Å². The molecule has 15 heavy (non-hydrogen) atoms. The predicted molar refractivity (Wildman–Crippen MR) is 66.3 cm³/mol. The lowest BCUT2D eigenvalue weighted by Crippen LogP contribution is -2.29. The van der Waals surface area contributed by atoms with Crippen molar-refractivity contribution in [2.75, 3.05) is 6.54 Å². The van der Waals surface area contributed by atoms with Crippen molar-refractivity contribution in [1.82, 2.24) is 5.32 Å². The van der Waals surface area contributed by atoms with E-state index in [-0.39, 0.29) is 6.10 Å². The summed E-state index contributed by atoms with van der Waals surface area (Å²) in [6.07, 6.45) is 2.79. The second-order valence-corrected chi connectivity index (χ2v) is 4.81. The van der Waals surface area contributed by atoms with Crippen LogP contribution in [0.1, 0.15) is 44.0 Å². The van der Waals surface area contributed by atoms with E-state index in [1.807, 2.05) is 0 Å². The maximum atomic E-state index is 9.63. The van der Waals surface area contributed by atoms with E-state index < -0.39 is 0 Å². The molecule has 2 nitrogen and oxygen atoms in total. The minimum Gasteiger partial charge on any atom is -0.392 e. The Morgan fingerprint density at radius 2 is 2.27 bits per heavy atom. The molecule has 2 N–H and O–H groups in total. The molecule has 1 rings (SSSR count). The first-order chi connectivity index (χ1) is 7.27. The van der Waals surface area contributed by atoms with Gasteiger partial charge in [-0.15, -0.1) is 11.3 Å². The molecule has 0 amide bonds. The maximum absolute atomic E-state index is 9.63. The monoisotopic (exact) mass is 227 g/mol. The van der Waals surface area contributed by atoms with Gasteiger partial charge in [0.25, 0.3) is 0 Å². The van der Waals surface area contributed by atoms with Crippen molar-refractivity contribution in [3.05, 3.63) is 22.4 Å². The Morgan fingerprint density at radius 3 is 2.80 bits per heavy atom. The third-order valence-electron chi connectivity index (χ3n) is 2.52. The van der Waals surface area contributed by atoms with Gasteiger partial charge < -0.3 is 10.4 Å². The fraction of sp³-hybridized carbons (Fsp3) is 0.667. The van der Waals surface area contributed by atoms with E-state index in [0.717, 1.165) is 19.3 Å². The summed E-state index contributed by atoms with van der Waals surface area (Å²) in [6.45, 7) is 4.97. The molecule has 2 unspecified atom stereocenters. The minimum absolute atomic E-state index is 0.205. The molecule has 0 bridgehead atoms. The van der Waals surface area contributed by atoms with E-state index in [1.54, 1.807) is 11.3 Å². The Bertz CT molecular complexity index is 248. The van der Waals surface area contributed by atoms with Gasteiger partial charge in [-0.2, -0.15) is 0 Å². The highest BCUT2D eigenvalue weighted by molar-refractivity contribution is 7.10. The Labute approximate surface area is 96.3 Å². The van der Waals surface area contributed by atoms with E-state index in [0.29, 0.717) is 12.6 Å².